The molecule has 0 atom stereocenters. The van der Waals surface area contributed by atoms with E-state index in [9.17, 15) is 4.39 Å². The van der Waals surface area contributed by atoms with Gasteiger partial charge in [-0.3, -0.25) is 0 Å². The number of ether oxygens (including phenoxy) is 1. The maximum atomic E-state index is 14.0. The van der Waals surface area contributed by atoms with Crippen LogP contribution in [0.3, 0.4) is 0 Å². The minimum atomic E-state index is -0.132. The summed E-state index contributed by atoms with van der Waals surface area (Å²) in [5.74, 6) is -0.132. The summed E-state index contributed by atoms with van der Waals surface area (Å²) in [4.78, 5) is 2.08. The van der Waals surface area contributed by atoms with E-state index in [1.165, 1.54) is 5.56 Å². The predicted octanol–water partition coefficient (Wildman–Crippen LogP) is 3.35. The van der Waals surface area contributed by atoms with Crippen LogP contribution in [0.5, 0.6) is 0 Å². The van der Waals surface area contributed by atoms with E-state index >= 15 is 0 Å². The van der Waals surface area contributed by atoms with E-state index in [2.05, 4.69) is 25.7 Å². The molecule has 1 aromatic carbocycles. The average molecular weight is 251 g/mol. The molecule has 0 aliphatic carbocycles. The third kappa shape index (κ3) is 2.66. The lowest BCUT2D eigenvalue weighted by Crippen LogP contribution is -2.37. The highest BCUT2D eigenvalue weighted by Crippen LogP contribution is 2.31. The van der Waals surface area contributed by atoms with Crippen molar-refractivity contribution >= 4 is 5.69 Å². The Hall–Kier alpha value is -1.09. The molecule has 1 heterocycles. The van der Waals surface area contributed by atoms with Gasteiger partial charge < -0.3 is 9.64 Å². The number of hydrogen-bond donors (Lipinski definition) is 0. The van der Waals surface area contributed by atoms with Gasteiger partial charge in [-0.05, 0) is 29.5 Å². The maximum absolute atomic E-state index is 14.0. The van der Waals surface area contributed by atoms with Gasteiger partial charge in [-0.1, -0.05) is 26.8 Å². The van der Waals surface area contributed by atoms with Crippen molar-refractivity contribution in [2.45, 2.75) is 32.6 Å². The molecule has 0 radical (unpaired) electrons. The lowest BCUT2D eigenvalue weighted by atomic mass is 9.82. The molecule has 1 aliphatic heterocycles. The van der Waals surface area contributed by atoms with Gasteiger partial charge in [0, 0.05) is 13.1 Å². The topological polar surface area (TPSA) is 12.5 Å². The molecule has 0 N–H and O–H groups in total. The first-order chi connectivity index (χ1) is 8.54. The van der Waals surface area contributed by atoms with Crippen molar-refractivity contribution < 1.29 is 9.13 Å². The molecule has 0 unspecified atom stereocenters. The molecule has 3 heteroatoms. The standard InChI is InChI=1S/C15H22FNO/c1-4-15(2,3)12-5-6-13(16)14(11-12)17-7-9-18-10-8-17/h5-6,11H,4,7-10H2,1-3H3. The Balaban J connectivity index is 2.31. The third-order valence-corrected chi connectivity index (χ3v) is 3.96. The molecule has 1 aromatic rings. The second-order valence-corrected chi connectivity index (χ2v) is 5.50. The second-order valence-electron chi connectivity index (χ2n) is 5.50. The van der Waals surface area contributed by atoms with Crippen molar-refractivity contribution in [3.63, 3.8) is 0 Å². The minimum absolute atomic E-state index is 0.0920. The summed E-state index contributed by atoms with van der Waals surface area (Å²) in [7, 11) is 0. The van der Waals surface area contributed by atoms with Crippen molar-refractivity contribution in [2.75, 3.05) is 31.2 Å². The molecule has 0 amide bonds. The van der Waals surface area contributed by atoms with Crippen LogP contribution >= 0.6 is 0 Å². The van der Waals surface area contributed by atoms with Crippen LogP contribution in [0.15, 0.2) is 18.2 Å². The Morgan fingerprint density at radius 2 is 1.94 bits per heavy atom. The zero-order valence-electron chi connectivity index (χ0n) is 11.5. The van der Waals surface area contributed by atoms with E-state index < -0.39 is 0 Å². The van der Waals surface area contributed by atoms with Crippen molar-refractivity contribution in [1.29, 1.82) is 0 Å². The first kappa shape index (κ1) is 13.3. The summed E-state index contributed by atoms with van der Waals surface area (Å²) in [6, 6.07) is 5.50. The summed E-state index contributed by atoms with van der Waals surface area (Å²) in [5.41, 5.74) is 2.01. The normalized spacial score (nSPS) is 17.0. The first-order valence-corrected chi connectivity index (χ1v) is 6.67. The van der Waals surface area contributed by atoms with Crippen LogP contribution in [0.4, 0.5) is 10.1 Å². The van der Waals surface area contributed by atoms with Crippen LogP contribution < -0.4 is 4.90 Å². The molecule has 0 bridgehead atoms. The molecule has 1 saturated heterocycles. The highest BCUT2D eigenvalue weighted by molar-refractivity contribution is 5.51. The van der Waals surface area contributed by atoms with Gasteiger partial charge in [0.05, 0.1) is 18.9 Å². The van der Waals surface area contributed by atoms with Gasteiger partial charge in [-0.15, -0.1) is 0 Å². The largest absolute Gasteiger partial charge is 0.378 e. The number of benzene rings is 1. The fourth-order valence-corrected chi connectivity index (χ4v) is 2.18. The van der Waals surface area contributed by atoms with E-state index in [4.69, 9.17) is 4.74 Å². The Morgan fingerprint density at radius 1 is 1.28 bits per heavy atom. The second kappa shape index (κ2) is 5.27. The lowest BCUT2D eigenvalue weighted by molar-refractivity contribution is 0.122. The van der Waals surface area contributed by atoms with Gasteiger partial charge in [0.25, 0.3) is 0 Å². The van der Waals surface area contributed by atoms with E-state index in [1.807, 2.05) is 12.1 Å². The third-order valence-electron chi connectivity index (χ3n) is 3.96. The smallest absolute Gasteiger partial charge is 0.146 e. The quantitative estimate of drug-likeness (QED) is 0.817. The number of halogens is 1. The minimum Gasteiger partial charge on any atom is -0.378 e. The summed E-state index contributed by atoms with van der Waals surface area (Å²) >= 11 is 0. The monoisotopic (exact) mass is 251 g/mol. The molecule has 100 valence electrons. The molecule has 1 fully saturated rings. The zero-order chi connectivity index (χ0) is 13.2. The van der Waals surface area contributed by atoms with E-state index in [0.717, 1.165) is 25.2 Å². The number of morpholine rings is 1. The maximum Gasteiger partial charge on any atom is 0.146 e. The summed E-state index contributed by atoms with van der Waals surface area (Å²) in [6.07, 6.45) is 1.04. The van der Waals surface area contributed by atoms with E-state index in [0.29, 0.717) is 13.2 Å². The Labute approximate surface area is 109 Å². The lowest BCUT2D eigenvalue weighted by Gasteiger charge is -2.31. The number of hydrogen-bond acceptors (Lipinski definition) is 2. The van der Waals surface area contributed by atoms with Gasteiger partial charge >= 0.3 is 0 Å². The van der Waals surface area contributed by atoms with Gasteiger partial charge in [0.1, 0.15) is 5.82 Å². The van der Waals surface area contributed by atoms with Crippen molar-refractivity contribution in [3.05, 3.63) is 29.6 Å². The van der Waals surface area contributed by atoms with Crippen LogP contribution in [0, 0.1) is 5.82 Å². The van der Waals surface area contributed by atoms with Crippen LogP contribution in [0.25, 0.3) is 0 Å². The fourth-order valence-electron chi connectivity index (χ4n) is 2.18. The first-order valence-electron chi connectivity index (χ1n) is 6.67. The fraction of sp³-hybridized carbons (Fsp3) is 0.600. The van der Waals surface area contributed by atoms with Gasteiger partial charge in [0.2, 0.25) is 0 Å². The Morgan fingerprint density at radius 3 is 2.56 bits per heavy atom. The van der Waals surface area contributed by atoms with Crippen LogP contribution in [0.2, 0.25) is 0 Å². The molecular formula is C15H22FNO. The molecule has 0 aromatic heterocycles. The van der Waals surface area contributed by atoms with Crippen molar-refractivity contribution in [2.24, 2.45) is 0 Å². The number of anilines is 1. The number of rotatable bonds is 3. The molecular weight excluding hydrogens is 229 g/mol. The van der Waals surface area contributed by atoms with Crippen LogP contribution in [-0.2, 0) is 10.2 Å². The molecule has 0 saturated carbocycles. The summed E-state index contributed by atoms with van der Waals surface area (Å²) in [6.45, 7) is 9.46. The summed E-state index contributed by atoms with van der Waals surface area (Å²) < 4.78 is 19.3. The average Bonchev–Trinajstić information content (AvgIpc) is 2.40. The highest BCUT2D eigenvalue weighted by Gasteiger charge is 2.22. The van der Waals surface area contributed by atoms with E-state index in [1.54, 1.807) is 6.07 Å². The van der Waals surface area contributed by atoms with Crippen LogP contribution in [-0.4, -0.2) is 26.3 Å². The van der Waals surface area contributed by atoms with E-state index in [-0.39, 0.29) is 11.2 Å². The molecule has 2 nitrogen and oxygen atoms in total. The highest BCUT2D eigenvalue weighted by atomic mass is 19.1. The number of nitrogens with zero attached hydrogens (tertiary/aromatic N) is 1. The molecule has 18 heavy (non-hydrogen) atoms. The van der Waals surface area contributed by atoms with Crippen molar-refractivity contribution in [3.8, 4) is 0 Å². The van der Waals surface area contributed by atoms with Crippen molar-refractivity contribution in [1.82, 2.24) is 0 Å². The zero-order valence-corrected chi connectivity index (χ0v) is 11.5. The summed E-state index contributed by atoms with van der Waals surface area (Å²) in [5, 5.41) is 0. The Kier molecular flexibility index (Phi) is 3.91. The predicted molar refractivity (Wildman–Crippen MR) is 72.7 cm³/mol. The van der Waals surface area contributed by atoms with Crippen LogP contribution in [0.1, 0.15) is 32.8 Å². The Bertz CT molecular complexity index is 411. The molecule has 0 spiro atoms. The van der Waals surface area contributed by atoms with Gasteiger partial charge in [-0.2, -0.15) is 0 Å². The molecule has 1 aliphatic rings. The SMILES string of the molecule is CCC(C)(C)c1ccc(F)c(N2CCOCC2)c1. The molecule has 2 rings (SSSR count). The van der Waals surface area contributed by atoms with Gasteiger partial charge in [-0.25, -0.2) is 4.39 Å². The van der Waals surface area contributed by atoms with Gasteiger partial charge in [0.15, 0.2) is 0 Å².